The van der Waals surface area contributed by atoms with Crippen molar-refractivity contribution in [3.8, 4) is 0 Å². The summed E-state index contributed by atoms with van der Waals surface area (Å²) in [6.07, 6.45) is 2.53. The first-order valence-corrected chi connectivity index (χ1v) is 6.93. The minimum Gasteiger partial charge on any atom is -0.468 e. The maximum absolute atomic E-state index is 5.33. The molecule has 0 saturated heterocycles. The van der Waals surface area contributed by atoms with Gasteiger partial charge in [0, 0.05) is 19.0 Å². The number of hydrogen-bond donors (Lipinski definition) is 1. The predicted octanol–water partition coefficient (Wildman–Crippen LogP) is 3.27. The maximum atomic E-state index is 5.33. The van der Waals surface area contributed by atoms with Crippen LogP contribution >= 0.6 is 11.8 Å². The van der Waals surface area contributed by atoms with Gasteiger partial charge >= 0.3 is 0 Å². The molecule has 0 saturated carbocycles. The van der Waals surface area contributed by atoms with Gasteiger partial charge in [-0.2, -0.15) is 0 Å². The smallest absolute Gasteiger partial charge is 0.133 e. The van der Waals surface area contributed by atoms with Crippen LogP contribution in [-0.4, -0.2) is 17.0 Å². The summed E-state index contributed by atoms with van der Waals surface area (Å²) in [5, 5.41) is 4.13. The molecule has 96 valence electrons. The van der Waals surface area contributed by atoms with E-state index in [4.69, 9.17) is 4.42 Å². The lowest BCUT2D eigenvalue weighted by molar-refractivity contribution is 0.530. The van der Waals surface area contributed by atoms with E-state index in [-0.39, 0.29) is 0 Å². The van der Waals surface area contributed by atoms with E-state index in [0.29, 0.717) is 0 Å². The fourth-order valence-electron chi connectivity index (χ4n) is 1.62. The molecule has 0 atom stereocenters. The van der Waals surface area contributed by atoms with Crippen LogP contribution in [0.25, 0.3) is 0 Å². The van der Waals surface area contributed by atoms with Crippen LogP contribution in [0.2, 0.25) is 0 Å². The first-order chi connectivity index (χ1) is 8.74. The predicted molar refractivity (Wildman–Crippen MR) is 74.0 cm³/mol. The van der Waals surface area contributed by atoms with Gasteiger partial charge < -0.3 is 9.73 Å². The highest BCUT2D eigenvalue weighted by Gasteiger charge is 2.10. The maximum Gasteiger partial charge on any atom is 0.133 e. The van der Waals surface area contributed by atoms with Gasteiger partial charge in [0.2, 0.25) is 0 Å². The van der Waals surface area contributed by atoms with Crippen molar-refractivity contribution < 1.29 is 4.42 Å². The van der Waals surface area contributed by atoms with Gasteiger partial charge in [0.1, 0.15) is 22.4 Å². The second kappa shape index (κ2) is 5.91. The van der Waals surface area contributed by atoms with Crippen LogP contribution < -0.4 is 5.32 Å². The number of anilines is 1. The van der Waals surface area contributed by atoms with Crippen LogP contribution in [0.5, 0.6) is 0 Å². The number of nitrogens with one attached hydrogen (secondary N) is 1. The quantitative estimate of drug-likeness (QED) is 0.662. The van der Waals surface area contributed by atoms with Gasteiger partial charge in [-0.25, -0.2) is 9.97 Å². The molecule has 0 spiro atoms. The largest absolute Gasteiger partial charge is 0.468 e. The molecule has 0 aliphatic carbocycles. The number of hydrogen-bond acceptors (Lipinski definition) is 5. The molecule has 0 aliphatic heterocycles. The van der Waals surface area contributed by atoms with Crippen LogP contribution in [0, 0.1) is 6.92 Å². The first-order valence-electron chi connectivity index (χ1n) is 5.95. The van der Waals surface area contributed by atoms with Gasteiger partial charge in [-0.15, -0.1) is 0 Å². The fourth-order valence-corrected chi connectivity index (χ4v) is 2.54. The van der Waals surface area contributed by atoms with Crippen LogP contribution in [0.1, 0.15) is 24.1 Å². The summed E-state index contributed by atoms with van der Waals surface area (Å²) in [6.45, 7) is 4.10. The zero-order chi connectivity index (χ0) is 13.0. The van der Waals surface area contributed by atoms with Crippen molar-refractivity contribution in [3.63, 3.8) is 0 Å². The average Bonchev–Trinajstić information content (AvgIpc) is 2.90. The van der Waals surface area contributed by atoms with Gasteiger partial charge in [-0.3, -0.25) is 0 Å². The molecule has 2 heterocycles. The van der Waals surface area contributed by atoms with E-state index < -0.39 is 0 Å². The molecule has 2 aromatic rings. The lowest BCUT2D eigenvalue weighted by Crippen LogP contribution is -2.04. The standard InChI is InChI=1S/C13H17N3OS/c1-4-11-15-12(14-3)9(2)13(16-11)18-8-10-6-5-7-17-10/h5-7H,4,8H2,1-3H3,(H,14,15,16). The number of aromatic nitrogens is 2. The monoisotopic (exact) mass is 263 g/mol. The number of furan rings is 1. The third-order valence-corrected chi connectivity index (χ3v) is 3.73. The third-order valence-electron chi connectivity index (χ3n) is 2.63. The van der Waals surface area contributed by atoms with Crippen LogP contribution in [-0.2, 0) is 12.2 Å². The second-order valence-electron chi connectivity index (χ2n) is 3.89. The second-order valence-corrected chi connectivity index (χ2v) is 4.85. The van der Waals surface area contributed by atoms with Crippen LogP contribution in [0.15, 0.2) is 27.8 Å². The Bertz CT molecular complexity index is 511. The molecule has 18 heavy (non-hydrogen) atoms. The van der Waals surface area contributed by atoms with Gasteiger partial charge in [0.05, 0.1) is 12.0 Å². The van der Waals surface area contributed by atoms with E-state index in [9.17, 15) is 0 Å². The van der Waals surface area contributed by atoms with Crippen molar-refractivity contribution in [2.45, 2.75) is 31.0 Å². The highest BCUT2D eigenvalue weighted by Crippen LogP contribution is 2.27. The third kappa shape index (κ3) is 2.85. The molecule has 0 aromatic carbocycles. The van der Waals surface area contributed by atoms with E-state index in [2.05, 4.69) is 22.2 Å². The first kappa shape index (κ1) is 13.0. The molecule has 4 nitrogen and oxygen atoms in total. The SMILES string of the molecule is CCc1nc(NC)c(C)c(SCc2ccco2)n1. The normalized spacial score (nSPS) is 10.6. The summed E-state index contributed by atoms with van der Waals surface area (Å²) in [5.74, 6) is 3.52. The molecule has 2 rings (SSSR count). The average molecular weight is 263 g/mol. The molecule has 0 radical (unpaired) electrons. The summed E-state index contributed by atoms with van der Waals surface area (Å²) in [7, 11) is 1.88. The highest BCUT2D eigenvalue weighted by atomic mass is 32.2. The van der Waals surface area contributed by atoms with Gasteiger partial charge in [0.15, 0.2) is 0 Å². The Morgan fingerprint density at radius 1 is 1.39 bits per heavy atom. The zero-order valence-corrected chi connectivity index (χ0v) is 11.7. The van der Waals surface area contributed by atoms with Gasteiger partial charge in [0.25, 0.3) is 0 Å². The lowest BCUT2D eigenvalue weighted by Gasteiger charge is -2.10. The van der Waals surface area contributed by atoms with Crippen molar-refractivity contribution in [3.05, 3.63) is 35.5 Å². The fraction of sp³-hybridized carbons (Fsp3) is 0.385. The molecule has 0 unspecified atom stereocenters. The molecule has 0 fully saturated rings. The number of aryl methyl sites for hydroxylation is 1. The molecule has 5 heteroatoms. The van der Waals surface area contributed by atoms with Crippen molar-refractivity contribution >= 4 is 17.6 Å². The van der Waals surface area contributed by atoms with Gasteiger partial charge in [-0.1, -0.05) is 18.7 Å². The zero-order valence-electron chi connectivity index (χ0n) is 10.9. The van der Waals surface area contributed by atoms with Crippen molar-refractivity contribution in [2.75, 3.05) is 12.4 Å². The van der Waals surface area contributed by atoms with Gasteiger partial charge in [-0.05, 0) is 19.1 Å². The number of rotatable bonds is 5. The number of thioether (sulfide) groups is 1. The Hall–Kier alpha value is -1.49. The molecular formula is C13H17N3OS. The molecule has 2 aromatic heterocycles. The Balaban J connectivity index is 2.20. The summed E-state index contributed by atoms with van der Waals surface area (Å²) in [4.78, 5) is 9.02. The minimum atomic E-state index is 0.789. The lowest BCUT2D eigenvalue weighted by atomic mass is 10.3. The van der Waals surface area contributed by atoms with E-state index in [1.807, 2.05) is 26.1 Å². The van der Waals surface area contributed by atoms with Crippen LogP contribution in [0.3, 0.4) is 0 Å². The Morgan fingerprint density at radius 2 is 2.22 bits per heavy atom. The summed E-state index contributed by atoms with van der Waals surface area (Å²) >= 11 is 1.68. The molecule has 0 bridgehead atoms. The topological polar surface area (TPSA) is 51.0 Å². The molecule has 0 aliphatic rings. The van der Waals surface area contributed by atoms with Crippen molar-refractivity contribution in [1.82, 2.24) is 9.97 Å². The molecule has 0 amide bonds. The van der Waals surface area contributed by atoms with Crippen molar-refractivity contribution in [2.24, 2.45) is 0 Å². The summed E-state index contributed by atoms with van der Waals surface area (Å²) < 4.78 is 5.33. The Labute approximate surface area is 111 Å². The van der Waals surface area contributed by atoms with E-state index in [1.54, 1.807) is 18.0 Å². The summed E-state index contributed by atoms with van der Waals surface area (Å²) in [5.41, 5.74) is 1.09. The van der Waals surface area contributed by atoms with Crippen molar-refractivity contribution in [1.29, 1.82) is 0 Å². The summed E-state index contributed by atoms with van der Waals surface area (Å²) in [6, 6.07) is 3.88. The minimum absolute atomic E-state index is 0.789. The van der Waals surface area contributed by atoms with E-state index in [1.165, 1.54) is 0 Å². The highest BCUT2D eigenvalue weighted by molar-refractivity contribution is 7.98. The molecular weight excluding hydrogens is 246 g/mol. The van der Waals surface area contributed by atoms with Crippen LogP contribution in [0.4, 0.5) is 5.82 Å². The number of nitrogens with zero attached hydrogens (tertiary/aromatic N) is 2. The van der Waals surface area contributed by atoms with E-state index >= 15 is 0 Å². The molecule has 1 N–H and O–H groups in total. The van der Waals surface area contributed by atoms with E-state index in [0.717, 1.165) is 40.2 Å². The Morgan fingerprint density at radius 3 is 2.83 bits per heavy atom. The Kier molecular flexibility index (Phi) is 4.25.